The molecule has 0 atom stereocenters. The van der Waals surface area contributed by atoms with Crippen LogP contribution in [0, 0.1) is 0 Å². The van der Waals surface area contributed by atoms with E-state index in [-0.39, 0.29) is 30.1 Å². The van der Waals surface area contributed by atoms with Gasteiger partial charge in [0.2, 0.25) is 5.91 Å². The van der Waals surface area contributed by atoms with Gasteiger partial charge in [0.05, 0.1) is 12.4 Å². The van der Waals surface area contributed by atoms with Crippen molar-refractivity contribution in [3.8, 4) is 0 Å². The molecule has 3 rings (SSSR count). The van der Waals surface area contributed by atoms with Crippen molar-refractivity contribution in [3.63, 3.8) is 0 Å². The van der Waals surface area contributed by atoms with E-state index in [1.54, 1.807) is 6.92 Å². The van der Waals surface area contributed by atoms with Gasteiger partial charge in [-0.3, -0.25) is 9.59 Å². The van der Waals surface area contributed by atoms with Crippen LogP contribution in [0.2, 0.25) is 0 Å². The number of nitrogens with one attached hydrogen (secondary N) is 1. The molecule has 29 heavy (non-hydrogen) atoms. The highest BCUT2D eigenvalue weighted by Crippen LogP contribution is 2.32. The Labute approximate surface area is 175 Å². The summed E-state index contributed by atoms with van der Waals surface area (Å²) >= 11 is 1.37. The van der Waals surface area contributed by atoms with Gasteiger partial charge in [-0.1, -0.05) is 61.4 Å². The van der Waals surface area contributed by atoms with Crippen molar-refractivity contribution >= 4 is 23.6 Å². The van der Waals surface area contributed by atoms with E-state index in [0.29, 0.717) is 24.1 Å². The standard InChI is InChI=1S/C21H28N4O3S/c1-2-28-20(27)13-18-23-24-21(25(18)17-11-7-4-8-12-17)29-15-19(26)22-14-16-9-5-3-6-10-16/h3,5-6,9-10,17H,2,4,7-8,11-15H2,1H3,(H,22,26). The Kier molecular flexibility index (Phi) is 8.10. The van der Waals surface area contributed by atoms with E-state index in [0.717, 1.165) is 31.2 Å². The summed E-state index contributed by atoms with van der Waals surface area (Å²) in [7, 11) is 0. The number of hydrogen-bond acceptors (Lipinski definition) is 6. The minimum absolute atomic E-state index is 0.0519. The summed E-state index contributed by atoms with van der Waals surface area (Å²) in [5, 5.41) is 12.2. The van der Waals surface area contributed by atoms with E-state index >= 15 is 0 Å². The van der Waals surface area contributed by atoms with Gasteiger partial charge in [0.15, 0.2) is 5.16 Å². The molecule has 1 aromatic heterocycles. The molecule has 0 radical (unpaired) electrons. The molecule has 1 aliphatic carbocycles. The molecule has 156 valence electrons. The monoisotopic (exact) mass is 416 g/mol. The van der Waals surface area contributed by atoms with Crippen molar-refractivity contribution in [2.45, 2.75) is 63.2 Å². The summed E-state index contributed by atoms with van der Waals surface area (Å²) in [6.07, 6.45) is 5.74. The molecule has 8 heteroatoms. The van der Waals surface area contributed by atoms with Gasteiger partial charge < -0.3 is 14.6 Å². The van der Waals surface area contributed by atoms with Gasteiger partial charge in [0, 0.05) is 12.6 Å². The normalized spacial score (nSPS) is 14.5. The molecular weight excluding hydrogens is 388 g/mol. The number of hydrogen-bond donors (Lipinski definition) is 1. The van der Waals surface area contributed by atoms with E-state index in [2.05, 4.69) is 20.1 Å². The second kappa shape index (κ2) is 11.0. The van der Waals surface area contributed by atoms with Crippen molar-refractivity contribution in [2.24, 2.45) is 0 Å². The number of nitrogens with zero attached hydrogens (tertiary/aromatic N) is 3. The van der Waals surface area contributed by atoms with Gasteiger partial charge in [0.25, 0.3) is 0 Å². The molecule has 1 aliphatic rings. The molecule has 0 saturated heterocycles. The van der Waals surface area contributed by atoms with Crippen LogP contribution < -0.4 is 5.32 Å². The van der Waals surface area contributed by atoms with Crippen LogP contribution >= 0.6 is 11.8 Å². The third-order valence-electron chi connectivity index (χ3n) is 4.95. The number of carbonyl (C=O) groups excluding carboxylic acids is 2. The molecule has 1 saturated carbocycles. The Hall–Kier alpha value is -2.35. The van der Waals surface area contributed by atoms with Crippen molar-refractivity contribution < 1.29 is 14.3 Å². The molecule has 1 fully saturated rings. The van der Waals surface area contributed by atoms with E-state index < -0.39 is 0 Å². The predicted molar refractivity (Wildman–Crippen MR) is 111 cm³/mol. The Morgan fingerprint density at radius 1 is 1.17 bits per heavy atom. The molecular formula is C21H28N4O3S. The largest absolute Gasteiger partial charge is 0.466 e. The van der Waals surface area contributed by atoms with Crippen LogP contribution in [0.3, 0.4) is 0 Å². The summed E-state index contributed by atoms with van der Waals surface area (Å²) in [6, 6.07) is 10.1. The Morgan fingerprint density at radius 3 is 2.66 bits per heavy atom. The smallest absolute Gasteiger partial charge is 0.313 e. The van der Waals surface area contributed by atoms with Crippen LogP contribution in [-0.4, -0.2) is 39.0 Å². The minimum Gasteiger partial charge on any atom is -0.466 e. The lowest BCUT2D eigenvalue weighted by Gasteiger charge is -2.25. The molecule has 1 amide bonds. The number of thioether (sulfide) groups is 1. The third-order valence-corrected chi connectivity index (χ3v) is 5.89. The molecule has 1 aromatic carbocycles. The number of ether oxygens (including phenoxy) is 1. The predicted octanol–water partition coefficient (Wildman–Crippen LogP) is 3.30. The number of carbonyl (C=O) groups is 2. The highest BCUT2D eigenvalue weighted by Gasteiger charge is 2.25. The Morgan fingerprint density at radius 2 is 1.93 bits per heavy atom. The van der Waals surface area contributed by atoms with E-state index in [9.17, 15) is 9.59 Å². The number of esters is 1. The third kappa shape index (κ3) is 6.32. The first kappa shape index (κ1) is 21.4. The van der Waals surface area contributed by atoms with Crippen molar-refractivity contribution in [3.05, 3.63) is 41.7 Å². The van der Waals surface area contributed by atoms with Gasteiger partial charge in [-0.2, -0.15) is 0 Å². The first-order chi connectivity index (χ1) is 14.2. The van der Waals surface area contributed by atoms with E-state index in [4.69, 9.17) is 4.74 Å². The number of benzene rings is 1. The highest BCUT2D eigenvalue weighted by atomic mass is 32.2. The minimum atomic E-state index is -0.297. The Balaban J connectivity index is 1.63. The number of rotatable bonds is 9. The van der Waals surface area contributed by atoms with Gasteiger partial charge in [-0.25, -0.2) is 0 Å². The topological polar surface area (TPSA) is 86.1 Å². The lowest BCUT2D eigenvalue weighted by molar-refractivity contribution is -0.142. The average Bonchev–Trinajstić information content (AvgIpc) is 3.14. The fourth-order valence-electron chi connectivity index (χ4n) is 3.55. The lowest BCUT2D eigenvalue weighted by atomic mass is 9.95. The van der Waals surface area contributed by atoms with Crippen LogP contribution in [0.1, 0.15) is 56.5 Å². The first-order valence-corrected chi connectivity index (χ1v) is 11.2. The molecule has 0 bridgehead atoms. The summed E-state index contributed by atoms with van der Waals surface area (Å²) in [4.78, 5) is 24.3. The lowest BCUT2D eigenvalue weighted by Crippen LogP contribution is -2.25. The molecule has 1 N–H and O–H groups in total. The highest BCUT2D eigenvalue weighted by molar-refractivity contribution is 7.99. The van der Waals surface area contributed by atoms with Crippen LogP contribution in [0.5, 0.6) is 0 Å². The molecule has 0 unspecified atom stereocenters. The van der Waals surface area contributed by atoms with Crippen molar-refractivity contribution in [1.82, 2.24) is 20.1 Å². The van der Waals surface area contributed by atoms with Crippen molar-refractivity contribution in [1.29, 1.82) is 0 Å². The molecule has 7 nitrogen and oxygen atoms in total. The summed E-state index contributed by atoms with van der Waals surface area (Å²) in [6.45, 7) is 2.64. The molecule has 0 spiro atoms. The molecule has 0 aliphatic heterocycles. The SMILES string of the molecule is CCOC(=O)Cc1nnc(SCC(=O)NCc2ccccc2)n1C1CCCCC1. The first-order valence-electron chi connectivity index (χ1n) is 10.2. The zero-order chi connectivity index (χ0) is 20.5. The van der Waals surface area contributed by atoms with Crippen LogP contribution in [0.15, 0.2) is 35.5 Å². The zero-order valence-corrected chi connectivity index (χ0v) is 17.6. The molecule has 1 heterocycles. The van der Waals surface area contributed by atoms with Crippen molar-refractivity contribution in [2.75, 3.05) is 12.4 Å². The zero-order valence-electron chi connectivity index (χ0n) is 16.8. The molecule has 2 aromatic rings. The number of aromatic nitrogens is 3. The summed E-state index contributed by atoms with van der Waals surface area (Å²) in [5.41, 5.74) is 1.06. The fraction of sp³-hybridized carbons (Fsp3) is 0.524. The second-order valence-corrected chi connectivity index (χ2v) is 8.04. The van der Waals surface area contributed by atoms with Gasteiger partial charge in [0.1, 0.15) is 12.2 Å². The maximum Gasteiger partial charge on any atom is 0.313 e. The maximum absolute atomic E-state index is 12.3. The average molecular weight is 417 g/mol. The quantitative estimate of drug-likeness (QED) is 0.499. The van der Waals surface area contributed by atoms with E-state index in [1.165, 1.54) is 18.2 Å². The number of amides is 1. The van der Waals surface area contributed by atoms with E-state index in [1.807, 2.05) is 30.3 Å². The second-order valence-electron chi connectivity index (χ2n) is 7.09. The van der Waals surface area contributed by atoms with Gasteiger partial charge >= 0.3 is 5.97 Å². The Bertz CT molecular complexity index is 804. The van der Waals surface area contributed by atoms with Gasteiger partial charge in [-0.15, -0.1) is 10.2 Å². The summed E-state index contributed by atoms with van der Waals surface area (Å²) < 4.78 is 7.14. The fourth-order valence-corrected chi connectivity index (χ4v) is 4.41. The van der Waals surface area contributed by atoms with Crippen LogP contribution in [0.4, 0.5) is 0 Å². The van der Waals surface area contributed by atoms with Gasteiger partial charge in [-0.05, 0) is 25.3 Å². The van der Waals surface area contributed by atoms with Crippen LogP contribution in [0.25, 0.3) is 0 Å². The van der Waals surface area contributed by atoms with Crippen LogP contribution in [-0.2, 0) is 27.3 Å². The maximum atomic E-state index is 12.3. The summed E-state index contributed by atoms with van der Waals surface area (Å²) in [5.74, 6) is 0.539.